The van der Waals surface area contributed by atoms with E-state index in [1.165, 1.54) is 11.8 Å². The lowest BCUT2D eigenvalue weighted by Crippen LogP contribution is -2.26. The summed E-state index contributed by atoms with van der Waals surface area (Å²) in [5.74, 6) is 0.771. The molecule has 0 radical (unpaired) electrons. The molecule has 150 valence electrons. The van der Waals surface area contributed by atoms with E-state index in [2.05, 4.69) is 21.9 Å². The average Bonchev–Trinajstić information content (AvgIpc) is 2.66. The van der Waals surface area contributed by atoms with Gasteiger partial charge in [-0.2, -0.15) is 5.10 Å². The number of carbonyl (C=O) groups is 1. The topological polar surface area (TPSA) is 72.0 Å². The van der Waals surface area contributed by atoms with E-state index in [0.29, 0.717) is 28.7 Å². The van der Waals surface area contributed by atoms with Gasteiger partial charge in [0.25, 0.3) is 5.91 Å². The number of nitrogens with one attached hydrogen (secondary N) is 2. The minimum absolute atomic E-state index is 0.120. The van der Waals surface area contributed by atoms with Gasteiger partial charge in [-0.25, -0.2) is 5.43 Å². The van der Waals surface area contributed by atoms with Crippen LogP contribution in [-0.4, -0.2) is 32.4 Å². The lowest BCUT2D eigenvalue weighted by molar-refractivity contribution is -0.119. The van der Waals surface area contributed by atoms with E-state index in [4.69, 9.17) is 21.1 Å². The molecule has 0 aliphatic heterocycles. The Balaban J connectivity index is 1.94. The molecule has 28 heavy (non-hydrogen) atoms. The molecular weight excluding hydrogens is 378 g/mol. The highest BCUT2D eigenvalue weighted by Crippen LogP contribution is 2.36. The van der Waals surface area contributed by atoms with Crippen LogP contribution in [0.2, 0.25) is 5.02 Å². The quantitative estimate of drug-likeness (QED) is 0.483. The fourth-order valence-corrected chi connectivity index (χ4v) is 2.84. The smallest absolute Gasteiger partial charge is 0.259 e. The zero-order chi connectivity index (χ0) is 20.5. The Morgan fingerprint density at radius 3 is 2.71 bits per heavy atom. The van der Waals surface area contributed by atoms with Crippen molar-refractivity contribution in [2.24, 2.45) is 5.10 Å². The minimum Gasteiger partial charge on any atom is -0.493 e. The van der Waals surface area contributed by atoms with Gasteiger partial charge < -0.3 is 14.8 Å². The SMILES string of the molecule is CCCOc1c(Cl)cc(/C=N\NC(=O)CNc2ccc(C)cc2C)cc1OC. The first-order valence-electron chi connectivity index (χ1n) is 9.08. The van der Waals surface area contributed by atoms with Gasteiger partial charge in [0.2, 0.25) is 0 Å². The molecule has 2 aromatic rings. The molecule has 2 rings (SSSR count). The highest BCUT2D eigenvalue weighted by Gasteiger charge is 2.11. The molecule has 0 fully saturated rings. The summed E-state index contributed by atoms with van der Waals surface area (Å²) in [7, 11) is 1.55. The van der Waals surface area contributed by atoms with Crippen LogP contribution in [0.25, 0.3) is 0 Å². The molecule has 6 nitrogen and oxygen atoms in total. The number of anilines is 1. The van der Waals surface area contributed by atoms with E-state index in [-0.39, 0.29) is 12.5 Å². The van der Waals surface area contributed by atoms with Crippen LogP contribution in [0, 0.1) is 13.8 Å². The van der Waals surface area contributed by atoms with E-state index >= 15 is 0 Å². The van der Waals surface area contributed by atoms with Gasteiger partial charge in [-0.1, -0.05) is 36.2 Å². The molecule has 7 heteroatoms. The number of nitrogens with zero attached hydrogens (tertiary/aromatic N) is 1. The average molecular weight is 404 g/mol. The predicted octanol–water partition coefficient (Wildman–Crippen LogP) is 4.32. The molecular formula is C21H26ClN3O3. The summed E-state index contributed by atoms with van der Waals surface area (Å²) < 4.78 is 10.9. The Labute approximate surface area is 170 Å². The Kier molecular flexibility index (Phi) is 8.14. The van der Waals surface area contributed by atoms with E-state index in [1.807, 2.05) is 32.9 Å². The molecule has 0 unspecified atom stereocenters. The zero-order valence-corrected chi connectivity index (χ0v) is 17.4. The monoisotopic (exact) mass is 403 g/mol. The molecule has 0 aromatic heterocycles. The molecule has 0 aliphatic rings. The lowest BCUT2D eigenvalue weighted by Gasteiger charge is -2.12. The molecule has 1 amide bonds. The van der Waals surface area contributed by atoms with Crippen molar-refractivity contribution >= 4 is 29.4 Å². The fraction of sp³-hybridized carbons (Fsp3) is 0.333. The summed E-state index contributed by atoms with van der Waals surface area (Å²) >= 11 is 6.27. The van der Waals surface area contributed by atoms with Crippen LogP contribution in [0.3, 0.4) is 0 Å². The molecule has 2 aromatic carbocycles. The van der Waals surface area contributed by atoms with Gasteiger partial charge in [-0.3, -0.25) is 4.79 Å². The fourth-order valence-electron chi connectivity index (χ4n) is 2.56. The standard InChI is InChI=1S/C21H26ClN3O3/c1-5-8-28-21-17(22)10-16(11-19(21)27-4)12-24-25-20(26)13-23-18-7-6-14(2)9-15(18)3/h6-7,9-12,23H,5,8,13H2,1-4H3,(H,25,26)/b24-12-. The number of amides is 1. The third kappa shape index (κ3) is 6.16. The van der Waals surface area contributed by atoms with Crippen molar-refractivity contribution in [3.05, 3.63) is 52.0 Å². The van der Waals surface area contributed by atoms with Gasteiger partial charge in [0.05, 0.1) is 31.5 Å². The first kappa shape index (κ1) is 21.6. The number of hydrogen-bond acceptors (Lipinski definition) is 5. The Morgan fingerprint density at radius 2 is 2.04 bits per heavy atom. The summed E-state index contributed by atoms with van der Waals surface area (Å²) in [5.41, 5.74) is 6.36. The van der Waals surface area contributed by atoms with Crippen LogP contribution in [0.1, 0.15) is 30.0 Å². The van der Waals surface area contributed by atoms with E-state index in [1.54, 1.807) is 19.2 Å². The van der Waals surface area contributed by atoms with Gasteiger partial charge >= 0.3 is 0 Å². The largest absolute Gasteiger partial charge is 0.493 e. The number of rotatable bonds is 9. The number of hydrogen-bond donors (Lipinski definition) is 2. The molecule has 0 heterocycles. The highest BCUT2D eigenvalue weighted by molar-refractivity contribution is 6.32. The summed E-state index contributed by atoms with van der Waals surface area (Å²) in [5, 5.41) is 7.51. The zero-order valence-electron chi connectivity index (χ0n) is 16.6. The molecule has 0 saturated heterocycles. The second-order valence-electron chi connectivity index (χ2n) is 6.35. The number of benzene rings is 2. The normalized spacial score (nSPS) is 10.8. The summed E-state index contributed by atoms with van der Waals surface area (Å²) in [4.78, 5) is 12.0. The van der Waals surface area contributed by atoms with Crippen molar-refractivity contribution in [1.29, 1.82) is 0 Å². The number of halogens is 1. The van der Waals surface area contributed by atoms with Gasteiger partial charge in [-0.05, 0) is 49.6 Å². The predicted molar refractivity (Wildman–Crippen MR) is 114 cm³/mol. The number of ether oxygens (including phenoxy) is 2. The molecule has 0 aliphatic carbocycles. The van der Waals surface area contributed by atoms with Crippen molar-refractivity contribution in [2.45, 2.75) is 27.2 Å². The number of aryl methyl sites for hydroxylation is 2. The molecule has 0 atom stereocenters. The molecule has 0 saturated carbocycles. The van der Waals surface area contributed by atoms with Gasteiger partial charge in [0.15, 0.2) is 11.5 Å². The minimum atomic E-state index is -0.253. The van der Waals surface area contributed by atoms with Gasteiger partial charge in [-0.15, -0.1) is 0 Å². The Hall–Kier alpha value is -2.73. The number of methoxy groups -OCH3 is 1. The molecule has 2 N–H and O–H groups in total. The second kappa shape index (κ2) is 10.6. The van der Waals surface area contributed by atoms with Gasteiger partial charge in [0.1, 0.15) is 0 Å². The maximum atomic E-state index is 12.0. The van der Waals surface area contributed by atoms with Crippen molar-refractivity contribution in [3.63, 3.8) is 0 Å². The van der Waals surface area contributed by atoms with Crippen molar-refractivity contribution in [2.75, 3.05) is 25.6 Å². The van der Waals surface area contributed by atoms with Crippen LogP contribution in [0.15, 0.2) is 35.4 Å². The lowest BCUT2D eigenvalue weighted by atomic mass is 10.1. The maximum Gasteiger partial charge on any atom is 0.259 e. The maximum absolute atomic E-state index is 12.0. The van der Waals surface area contributed by atoms with Crippen LogP contribution in [0.5, 0.6) is 11.5 Å². The molecule has 0 bridgehead atoms. The van der Waals surface area contributed by atoms with Crippen molar-refractivity contribution in [3.8, 4) is 11.5 Å². The summed E-state index contributed by atoms with van der Waals surface area (Å²) in [6.45, 7) is 6.71. The van der Waals surface area contributed by atoms with Crippen LogP contribution in [0.4, 0.5) is 5.69 Å². The Morgan fingerprint density at radius 1 is 1.25 bits per heavy atom. The molecule has 0 spiro atoms. The highest BCUT2D eigenvalue weighted by atomic mass is 35.5. The first-order chi connectivity index (χ1) is 13.4. The third-order valence-corrected chi connectivity index (χ3v) is 4.21. The van der Waals surface area contributed by atoms with Crippen LogP contribution in [-0.2, 0) is 4.79 Å². The summed E-state index contributed by atoms with van der Waals surface area (Å²) in [6.07, 6.45) is 2.37. The second-order valence-corrected chi connectivity index (χ2v) is 6.75. The number of hydrazone groups is 1. The number of carbonyl (C=O) groups excluding carboxylic acids is 1. The van der Waals surface area contributed by atoms with E-state index in [0.717, 1.165) is 17.7 Å². The Bertz CT molecular complexity index is 853. The summed E-state index contributed by atoms with van der Waals surface area (Å²) in [6, 6.07) is 9.47. The third-order valence-electron chi connectivity index (χ3n) is 3.93. The van der Waals surface area contributed by atoms with E-state index in [9.17, 15) is 4.79 Å². The van der Waals surface area contributed by atoms with Crippen molar-refractivity contribution < 1.29 is 14.3 Å². The van der Waals surface area contributed by atoms with Crippen LogP contribution < -0.4 is 20.2 Å². The van der Waals surface area contributed by atoms with E-state index < -0.39 is 0 Å². The first-order valence-corrected chi connectivity index (χ1v) is 9.45. The van der Waals surface area contributed by atoms with Gasteiger partial charge in [0, 0.05) is 5.69 Å². The van der Waals surface area contributed by atoms with Crippen LogP contribution >= 0.6 is 11.6 Å². The van der Waals surface area contributed by atoms with Crippen molar-refractivity contribution in [1.82, 2.24) is 5.43 Å².